The second-order valence-corrected chi connectivity index (χ2v) is 6.67. The van der Waals surface area contributed by atoms with Crippen molar-refractivity contribution >= 4 is 28.1 Å². The molecule has 27 heavy (non-hydrogen) atoms. The predicted molar refractivity (Wildman–Crippen MR) is 106 cm³/mol. The summed E-state index contributed by atoms with van der Waals surface area (Å²) in [7, 11) is 0. The number of hydrazone groups is 1. The Labute approximate surface area is 164 Å². The summed E-state index contributed by atoms with van der Waals surface area (Å²) in [6, 6.07) is 21.6. The molecule has 0 unspecified atom stereocenters. The molecule has 136 valence electrons. The van der Waals surface area contributed by atoms with Gasteiger partial charge in [0, 0.05) is 0 Å². The zero-order chi connectivity index (χ0) is 19.3. The lowest BCUT2D eigenvalue weighted by atomic mass is 9.85. The van der Waals surface area contributed by atoms with E-state index in [-0.39, 0.29) is 0 Å². The van der Waals surface area contributed by atoms with Crippen molar-refractivity contribution in [3.8, 4) is 0 Å². The Hall–Kier alpha value is -2.83. The lowest BCUT2D eigenvalue weighted by molar-refractivity contribution is -0.136. The second kappa shape index (κ2) is 8.24. The maximum absolute atomic E-state index is 13.3. The molecule has 6 heteroatoms. The van der Waals surface area contributed by atoms with Crippen molar-refractivity contribution in [1.82, 2.24) is 5.43 Å². The molecule has 3 aromatic rings. The molecule has 0 aliphatic carbocycles. The van der Waals surface area contributed by atoms with E-state index < -0.39 is 17.3 Å². The number of benzene rings is 3. The SMILES string of the molecule is O=C(N/N=C\c1ccc(F)c(Br)c1)C(O)(c1ccccc1)c1ccccc1. The first kappa shape index (κ1) is 18.9. The Kier molecular flexibility index (Phi) is 5.78. The summed E-state index contributed by atoms with van der Waals surface area (Å²) in [6.07, 6.45) is 1.37. The molecule has 0 saturated heterocycles. The maximum atomic E-state index is 13.3. The Bertz CT molecular complexity index is 923. The van der Waals surface area contributed by atoms with E-state index in [0.29, 0.717) is 21.2 Å². The van der Waals surface area contributed by atoms with Crippen molar-refractivity contribution in [1.29, 1.82) is 0 Å². The van der Waals surface area contributed by atoms with Crippen molar-refractivity contribution in [3.63, 3.8) is 0 Å². The first-order chi connectivity index (χ1) is 13.0. The topological polar surface area (TPSA) is 61.7 Å². The van der Waals surface area contributed by atoms with Gasteiger partial charge in [0.2, 0.25) is 0 Å². The molecule has 0 heterocycles. The van der Waals surface area contributed by atoms with Gasteiger partial charge < -0.3 is 5.11 Å². The van der Waals surface area contributed by atoms with Crippen molar-refractivity contribution < 1.29 is 14.3 Å². The highest BCUT2D eigenvalue weighted by Gasteiger charge is 2.39. The standard InChI is InChI=1S/C21H16BrFN2O2/c22-18-13-15(11-12-19(18)23)14-24-25-20(26)21(27,16-7-3-1-4-8-16)17-9-5-2-6-10-17/h1-14,27H,(H,25,26)/b24-14-. The van der Waals surface area contributed by atoms with E-state index in [1.807, 2.05) is 0 Å². The minimum absolute atomic E-state index is 0.294. The number of carbonyl (C=O) groups excluding carboxylic acids is 1. The monoisotopic (exact) mass is 426 g/mol. The zero-order valence-corrected chi connectivity index (χ0v) is 15.7. The molecule has 2 N–H and O–H groups in total. The number of carbonyl (C=O) groups is 1. The summed E-state index contributed by atoms with van der Waals surface area (Å²) in [4.78, 5) is 12.8. The summed E-state index contributed by atoms with van der Waals surface area (Å²) in [5.74, 6) is -1.09. The number of halogens is 2. The smallest absolute Gasteiger partial charge is 0.281 e. The van der Waals surface area contributed by atoms with Crippen LogP contribution in [0.25, 0.3) is 0 Å². The summed E-state index contributed by atoms with van der Waals surface area (Å²) in [6.45, 7) is 0. The maximum Gasteiger partial charge on any atom is 0.281 e. The molecule has 0 aromatic heterocycles. The van der Waals surface area contributed by atoms with Gasteiger partial charge in [0.1, 0.15) is 5.82 Å². The average molecular weight is 427 g/mol. The van der Waals surface area contributed by atoms with Gasteiger partial charge in [-0.25, -0.2) is 9.82 Å². The summed E-state index contributed by atoms with van der Waals surface area (Å²) < 4.78 is 13.6. The molecule has 0 atom stereocenters. The van der Waals surface area contributed by atoms with Crippen LogP contribution in [-0.2, 0) is 10.4 Å². The molecule has 0 radical (unpaired) electrons. The van der Waals surface area contributed by atoms with Gasteiger partial charge in [-0.2, -0.15) is 5.10 Å². The van der Waals surface area contributed by atoms with Crippen LogP contribution >= 0.6 is 15.9 Å². The lowest BCUT2D eigenvalue weighted by Crippen LogP contribution is -2.43. The number of amides is 1. The van der Waals surface area contributed by atoms with Gasteiger partial charge in [-0.1, -0.05) is 66.7 Å². The Balaban J connectivity index is 1.88. The fourth-order valence-corrected chi connectivity index (χ4v) is 3.02. The molecule has 0 bridgehead atoms. The fourth-order valence-electron chi connectivity index (χ4n) is 2.63. The highest BCUT2D eigenvalue weighted by molar-refractivity contribution is 9.10. The quantitative estimate of drug-likeness (QED) is 0.478. The number of nitrogens with one attached hydrogen (secondary N) is 1. The summed E-state index contributed by atoms with van der Waals surface area (Å²) >= 11 is 3.10. The van der Waals surface area contributed by atoms with Crippen molar-refractivity contribution in [2.75, 3.05) is 0 Å². The minimum Gasteiger partial charge on any atom is -0.372 e. The molecule has 0 aliphatic heterocycles. The molecule has 0 fully saturated rings. The zero-order valence-electron chi connectivity index (χ0n) is 14.1. The molecule has 1 amide bonds. The molecular formula is C21H16BrFN2O2. The van der Waals surface area contributed by atoms with Gasteiger partial charge in [-0.3, -0.25) is 4.79 Å². The van der Waals surface area contributed by atoms with Crippen molar-refractivity contribution in [2.24, 2.45) is 5.10 Å². The van der Waals surface area contributed by atoms with E-state index >= 15 is 0 Å². The molecule has 4 nitrogen and oxygen atoms in total. The van der Waals surface area contributed by atoms with E-state index in [0.717, 1.165) is 0 Å². The Morgan fingerprint density at radius 2 is 1.56 bits per heavy atom. The Morgan fingerprint density at radius 3 is 2.07 bits per heavy atom. The predicted octanol–water partition coefficient (Wildman–Crippen LogP) is 3.97. The van der Waals surface area contributed by atoms with Crippen molar-refractivity contribution in [3.05, 3.63) is 106 Å². The minimum atomic E-state index is -1.90. The van der Waals surface area contributed by atoms with Gasteiger partial charge in [0.25, 0.3) is 5.91 Å². The third-order valence-electron chi connectivity index (χ3n) is 4.04. The second-order valence-electron chi connectivity index (χ2n) is 5.82. The average Bonchev–Trinajstić information content (AvgIpc) is 2.71. The molecule has 0 spiro atoms. The van der Waals surface area contributed by atoms with Crippen LogP contribution in [0.1, 0.15) is 16.7 Å². The van der Waals surface area contributed by atoms with E-state index in [9.17, 15) is 14.3 Å². The molecular weight excluding hydrogens is 411 g/mol. The first-order valence-corrected chi connectivity index (χ1v) is 8.93. The van der Waals surface area contributed by atoms with Gasteiger partial charge in [-0.15, -0.1) is 0 Å². The highest BCUT2D eigenvalue weighted by atomic mass is 79.9. The highest BCUT2D eigenvalue weighted by Crippen LogP contribution is 2.29. The number of rotatable bonds is 5. The lowest BCUT2D eigenvalue weighted by Gasteiger charge is -2.27. The molecule has 3 rings (SSSR count). The molecule has 0 saturated carbocycles. The number of hydrogen-bond acceptors (Lipinski definition) is 3. The van der Waals surface area contributed by atoms with Crippen LogP contribution in [0.4, 0.5) is 4.39 Å². The molecule has 0 aliphatic rings. The van der Waals surface area contributed by atoms with Crippen LogP contribution in [0.3, 0.4) is 0 Å². The molecule has 3 aromatic carbocycles. The van der Waals surface area contributed by atoms with E-state index in [1.165, 1.54) is 24.4 Å². The third kappa shape index (κ3) is 4.13. The normalized spacial score (nSPS) is 11.5. The fraction of sp³-hybridized carbons (Fsp3) is 0.0476. The number of nitrogens with zero attached hydrogens (tertiary/aromatic N) is 1. The van der Waals surface area contributed by atoms with E-state index in [2.05, 4.69) is 26.5 Å². The van der Waals surface area contributed by atoms with Gasteiger partial charge in [-0.05, 0) is 44.8 Å². The Morgan fingerprint density at radius 1 is 1.00 bits per heavy atom. The van der Waals surface area contributed by atoms with Gasteiger partial charge in [0.15, 0.2) is 5.60 Å². The first-order valence-electron chi connectivity index (χ1n) is 8.14. The number of aliphatic hydroxyl groups is 1. The van der Waals surface area contributed by atoms with Crippen LogP contribution in [0, 0.1) is 5.82 Å². The number of hydrogen-bond donors (Lipinski definition) is 2. The third-order valence-corrected chi connectivity index (χ3v) is 4.64. The van der Waals surface area contributed by atoms with E-state index in [1.54, 1.807) is 60.7 Å². The van der Waals surface area contributed by atoms with Crippen molar-refractivity contribution in [2.45, 2.75) is 5.60 Å². The van der Waals surface area contributed by atoms with Crippen LogP contribution < -0.4 is 5.43 Å². The van der Waals surface area contributed by atoms with Gasteiger partial charge >= 0.3 is 0 Å². The largest absolute Gasteiger partial charge is 0.372 e. The van der Waals surface area contributed by atoms with Crippen LogP contribution in [-0.4, -0.2) is 17.2 Å². The van der Waals surface area contributed by atoms with Crippen LogP contribution in [0.2, 0.25) is 0 Å². The van der Waals surface area contributed by atoms with Crippen LogP contribution in [0.15, 0.2) is 88.4 Å². The van der Waals surface area contributed by atoms with Crippen LogP contribution in [0.5, 0.6) is 0 Å². The van der Waals surface area contributed by atoms with E-state index in [4.69, 9.17) is 0 Å². The summed E-state index contributed by atoms with van der Waals surface area (Å²) in [5, 5.41) is 15.2. The van der Waals surface area contributed by atoms with Gasteiger partial charge in [0.05, 0.1) is 10.7 Å². The summed E-state index contributed by atoms with van der Waals surface area (Å²) in [5.41, 5.74) is 1.91.